The fraction of sp³-hybridized carbons (Fsp3) is 0.111. The topological polar surface area (TPSA) is 24.7 Å². The zero-order valence-electron chi connectivity index (χ0n) is 11.9. The van der Waals surface area contributed by atoms with Crippen LogP contribution in [0, 0.1) is 6.92 Å². The third kappa shape index (κ3) is 3.75. The molecule has 0 aromatic heterocycles. The maximum absolute atomic E-state index is 4.25. The predicted octanol–water partition coefficient (Wildman–Crippen LogP) is 5.78. The fourth-order valence-corrected chi connectivity index (χ4v) is 1.83. The van der Waals surface area contributed by atoms with E-state index in [0.717, 1.165) is 22.5 Å². The van der Waals surface area contributed by atoms with Crippen molar-refractivity contribution in [1.29, 1.82) is 0 Å². The average molecular weight is 262 g/mol. The van der Waals surface area contributed by atoms with Gasteiger partial charge >= 0.3 is 0 Å². The van der Waals surface area contributed by atoms with E-state index in [1.54, 1.807) is 0 Å². The zero-order chi connectivity index (χ0) is 14.4. The smallest absolute Gasteiger partial charge is 0.0857 e. The molecule has 0 aliphatic heterocycles. The van der Waals surface area contributed by atoms with E-state index < -0.39 is 0 Å². The summed E-state index contributed by atoms with van der Waals surface area (Å²) in [5, 5.41) is 8.48. The Hall–Kier alpha value is -2.48. The van der Waals surface area contributed by atoms with Crippen molar-refractivity contribution in [3.8, 4) is 0 Å². The highest BCUT2D eigenvalue weighted by molar-refractivity contribution is 5.65. The Morgan fingerprint density at radius 1 is 1.00 bits per heavy atom. The van der Waals surface area contributed by atoms with Crippen LogP contribution in [0.25, 0.3) is 12.2 Å². The molecule has 0 heterocycles. The van der Waals surface area contributed by atoms with Crippen molar-refractivity contribution in [2.75, 3.05) is 0 Å². The van der Waals surface area contributed by atoms with Crippen LogP contribution in [0.4, 0.5) is 5.69 Å². The third-order valence-corrected chi connectivity index (χ3v) is 2.94. The van der Waals surface area contributed by atoms with Crippen molar-refractivity contribution in [3.63, 3.8) is 0 Å². The fourth-order valence-electron chi connectivity index (χ4n) is 1.83. The van der Waals surface area contributed by atoms with Crippen molar-refractivity contribution in [1.82, 2.24) is 0 Å². The Labute approximate surface area is 120 Å². The van der Waals surface area contributed by atoms with Crippen molar-refractivity contribution < 1.29 is 0 Å². The van der Waals surface area contributed by atoms with Gasteiger partial charge in [-0.3, -0.25) is 0 Å². The summed E-state index contributed by atoms with van der Waals surface area (Å²) in [5.74, 6) is 0. The Morgan fingerprint density at radius 2 is 1.65 bits per heavy atom. The van der Waals surface area contributed by atoms with Crippen LogP contribution in [0.5, 0.6) is 0 Å². The molecule has 0 saturated heterocycles. The van der Waals surface area contributed by atoms with Gasteiger partial charge in [0.15, 0.2) is 0 Å². The number of aryl methyl sites for hydroxylation is 1. The Balaban J connectivity index is 2.18. The molecule has 100 valence electrons. The minimum atomic E-state index is 0.861. The maximum Gasteiger partial charge on any atom is 0.0857 e. The van der Waals surface area contributed by atoms with E-state index in [9.17, 15) is 0 Å². The van der Waals surface area contributed by atoms with Gasteiger partial charge in [-0.2, -0.15) is 10.2 Å². The number of hydrogen-bond acceptors (Lipinski definition) is 2. The Bertz CT molecular complexity index is 649. The molecule has 0 aliphatic rings. The molecule has 0 saturated carbocycles. The van der Waals surface area contributed by atoms with E-state index in [4.69, 9.17) is 0 Å². The molecule has 2 nitrogen and oxygen atoms in total. The van der Waals surface area contributed by atoms with Crippen LogP contribution in [0.1, 0.15) is 23.6 Å². The van der Waals surface area contributed by atoms with Gasteiger partial charge in [-0.05, 0) is 43.2 Å². The van der Waals surface area contributed by atoms with Gasteiger partial charge in [0.1, 0.15) is 0 Å². The summed E-state index contributed by atoms with van der Waals surface area (Å²) in [6.07, 6.45) is 3.85. The van der Waals surface area contributed by atoms with Gasteiger partial charge in [0.25, 0.3) is 0 Å². The van der Waals surface area contributed by atoms with Crippen LogP contribution in [0.2, 0.25) is 0 Å². The molecule has 0 bridgehead atoms. The summed E-state index contributed by atoms with van der Waals surface area (Å²) in [6, 6.07) is 16.1. The van der Waals surface area contributed by atoms with Gasteiger partial charge in [0, 0.05) is 0 Å². The first-order chi connectivity index (χ1) is 9.69. The Morgan fingerprint density at radius 3 is 2.30 bits per heavy atom. The molecule has 0 spiro atoms. The van der Waals surface area contributed by atoms with Crippen molar-refractivity contribution in [2.45, 2.75) is 13.8 Å². The second-order valence-corrected chi connectivity index (χ2v) is 4.65. The lowest BCUT2D eigenvalue weighted by atomic mass is 10.1. The van der Waals surface area contributed by atoms with Crippen LogP contribution in [-0.4, -0.2) is 0 Å². The molecule has 2 rings (SSSR count). The first kappa shape index (κ1) is 13.9. The Kier molecular flexibility index (Phi) is 4.61. The summed E-state index contributed by atoms with van der Waals surface area (Å²) in [7, 11) is 0. The summed E-state index contributed by atoms with van der Waals surface area (Å²) in [6.45, 7) is 7.81. The van der Waals surface area contributed by atoms with Crippen LogP contribution in [0.15, 0.2) is 71.0 Å². The molecule has 0 unspecified atom stereocenters. The number of azo groups is 1. The summed E-state index contributed by atoms with van der Waals surface area (Å²) in [5.41, 5.74) is 5.14. The van der Waals surface area contributed by atoms with Gasteiger partial charge in [-0.25, -0.2) is 0 Å². The van der Waals surface area contributed by atoms with Gasteiger partial charge < -0.3 is 0 Å². The zero-order valence-corrected chi connectivity index (χ0v) is 11.9. The molecular formula is C18H18N2. The molecule has 0 aliphatic carbocycles. The van der Waals surface area contributed by atoms with Crippen LogP contribution in [-0.2, 0) is 0 Å². The van der Waals surface area contributed by atoms with Gasteiger partial charge in [0.05, 0.1) is 11.4 Å². The van der Waals surface area contributed by atoms with E-state index in [-0.39, 0.29) is 0 Å². The molecular weight excluding hydrogens is 244 g/mol. The first-order valence-electron chi connectivity index (χ1n) is 6.57. The van der Waals surface area contributed by atoms with E-state index >= 15 is 0 Å². The molecule has 20 heavy (non-hydrogen) atoms. The van der Waals surface area contributed by atoms with E-state index in [0.29, 0.717) is 0 Å². The second-order valence-electron chi connectivity index (χ2n) is 4.65. The standard InChI is InChI=1S/C18H18N2/c1-4-16-7-5-6-8-17(16)13-15(3)19-20-18-11-9-14(2)10-12-18/h4-13H,1H2,2-3H3/b15-13+,20-19?. The van der Waals surface area contributed by atoms with Gasteiger partial charge in [0.2, 0.25) is 0 Å². The minimum Gasteiger partial charge on any atom is -0.155 e. The summed E-state index contributed by atoms with van der Waals surface area (Å²) < 4.78 is 0. The molecule has 2 aromatic rings. The van der Waals surface area contributed by atoms with E-state index in [2.05, 4.69) is 23.7 Å². The number of allylic oxidation sites excluding steroid dienone is 1. The number of rotatable bonds is 4. The summed E-state index contributed by atoms with van der Waals surface area (Å²) >= 11 is 0. The minimum absolute atomic E-state index is 0.861. The van der Waals surface area contributed by atoms with Crippen molar-refractivity contribution in [3.05, 3.63) is 77.5 Å². The first-order valence-corrected chi connectivity index (χ1v) is 6.57. The van der Waals surface area contributed by atoms with E-state index in [1.807, 2.05) is 67.6 Å². The van der Waals surface area contributed by atoms with Gasteiger partial charge in [-0.15, -0.1) is 0 Å². The molecule has 0 atom stereocenters. The highest BCUT2D eigenvalue weighted by Crippen LogP contribution is 2.17. The molecule has 2 aromatic carbocycles. The third-order valence-electron chi connectivity index (χ3n) is 2.94. The monoisotopic (exact) mass is 262 g/mol. The summed E-state index contributed by atoms with van der Waals surface area (Å²) in [4.78, 5) is 0. The highest BCUT2D eigenvalue weighted by atomic mass is 15.1. The molecule has 0 amide bonds. The number of benzene rings is 2. The largest absolute Gasteiger partial charge is 0.155 e. The predicted molar refractivity (Wildman–Crippen MR) is 85.9 cm³/mol. The van der Waals surface area contributed by atoms with Crippen LogP contribution >= 0.6 is 0 Å². The second kappa shape index (κ2) is 6.62. The molecule has 0 fully saturated rings. The van der Waals surface area contributed by atoms with Crippen LogP contribution < -0.4 is 0 Å². The van der Waals surface area contributed by atoms with Crippen molar-refractivity contribution in [2.24, 2.45) is 10.2 Å². The quantitative estimate of drug-likeness (QED) is 0.624. The normalized spacial score (nSPS) is 11.8. The molecule has 0 N–H and O–H groups in total. The molecule has 2 heteroatoms. The van der Waals surface area contributed by atoms with Crippen molar-refractivity contribution >= 4 is 17.8 Å². The SMILES string of the molecule is C=Cc1ccccc1/C=C(\C)N=Nc1ccc(C)cc1. The number of nitrogens with zero attached hydrogens (tertiary/aromatic N) is 2. The average Bonchev–Trinajstić information content (AvgIpc) is 2.47. The van der Waals surface area contributed by atoms with Crippen LogP contribution in [0.3, 0.4) is 0 Å². The lowest BCUT2D eigenvalue weighted by Gasteiger charge is -2.00. The van der Waals surface area contributed by atoms with Gasteiger partial charge in [-0.1, -0.05) is 54.6 Å². The maximum atomic E-state index is 4.25. The number of hydrogen-bond donors (Lipinski definition) is 0. The lowest BCUT2D eigenvalue weighted by Crippen LogP contribution is -1.80. The molecule has 0 radical (unpaired) electrons. The lowest BCUT2D eigenvalue weighted by molar-refractivity contribution is 1.14. The van der Waals surface area contributed by atoms with E-state index in [1.165, 1.54) is 5.56 Å². The highest BCUT2D eigenvalue weighted by Gasteiger charge is 1.95.